The second-order valence-electron chi connectivity index (χ2n) is 5.05. The number of morpholine rings is 1. The van der Waals surface area contributed by atoms with Crippen molar-refractivity contribution in [1.29, 1.82) is 0 Å². The Labute approximate surface area is 122 Å². The molecule has 21 heavy (non-hydrogen) atoms. The van der Waals surface area contributed by atoms with Crippen molar-refractivity contribution in [3.05, 3.63) is 22.0 Å². The summed E-state index contributed by atoms with van der Waals surface area (Å²) in [6, 6.07) is -0.120. The lowest BCUT2D eigenvalue weighted by atomic mass is 10.2. The van der Waals surface area contributed by atoms with Crippen LogP contribution in [-0.2, 0) is 11.8 Å². The molecule has 1 N–H and O–H groups in total. The first-order valence-corrected chi connectivity index (χ1v) is 6.76. The summed E-state index contributed by atoms with van der Waals surface area (Å²) >= 11 is 0. The van der Waals surface area contributed by atoms with Crippen molar-refractivity contribution in [2.45, 2.75) is 13.0 Å². The van der Waals surface area contributed by atoms with Gasteiger partial charge >= 0.3 is 5.69 Å². The summed E-state index contributed by atoms with van der Waals surface area (Å²) in [4.78, 5) is 24.7. The number of nitro groups is 1. The number of hydrogen-bond donors (Lipinski definition) is 1. The summed E-state index contributed by atoms with van der Waals surface area (Å²) in [6.07, 6.45) is 1.08. The average molecular weight is 297 g/mol. The van der Waals surface area contributed by atoms with E-state index in [0.717, 1.165) is 19.3 Å². The largest absolute Gasteiger partial charge is 0.379 e. The predicted molar refractivity (Wildman–Crippen MR) is 74.0 cm³/mol. The monoisotopic (exact) mass is 297 g/mol. The van der Waals surface area contributed by atoms with Gasteiger partial charge in [0.15, 0.2) is 0 Å². The van der Waals surface area contributed by atoms with Gasteiger partial charge in [0.1, 0.15) is 6.20 Å². The van der Waals surface area contributed by atoms with Crippen molar-refractivity contribution in [1.82, 2.24) is 20.0 Å². The van der Waals surface area contributed by atoms with Gasteiger partial charge < -0.3 is 10.1 Å². The number of aryl methyl sites for hydroxylation is 1. The second-order valence-corrected chi connectivity index (χ2v) is 5.05. The van der Waals surface area contributed by atoms with Crippen LogP contribution in [0.25, 0.3) is 0 Å². The first-order chi connectivity index (χ1) is 9.99. The zero-order chi connectivity index (χ0) is 15.4. The molecule has 0 radical (unpaired) electrons. The van der Waals surface area contributed by atoms with Gasteiger partial charge in [0, 0.05) is 32.7 Å². The summed E-state index contributed by atoms with van der Waals surface area (Å²) in [5.74, 6) is -0.484. The number of nitrogens with one attached hydrogen (secondary N) is 1. The molecule has 9 nitrogen and oxygen atoms in total. The topological polar surface area (TPSA) is 103 Å². The van der Waals surface area contributed by atoms with Crippen LogP contribution in [0.5, 0.6) is 0 Å². The lowest BCUT2D eigenvalue weighted by Gasteiger charge is -2.29. The number of amides is 1. The Morgan fingerprint density at radius 1 is 1.57 bits per heavy atom. The third-order valence-electron chi connectivity index (χ3n) is 3.34. The molecule has 1 unspecified atom stereocenters. The highest BCUT2D eigenvalue weighted by Gasteiger charge is 2.26. The fraction of sp³-hybridized carbons (Fsp3) is 0.667. The van der Waals surface area contributed by atoms with E-state index in [9.17, 15) is 14.9 Å². The van der Waals surface area contributed by atoms with E-state index in [-0.39, 0.29) is 17.4 Å². The quantitative estimate of drug-likeness (QED) is 0.595. The van der Waals surface area contributed by atoms with E-state index < -0.39 is 10.8 Å². The number of rotatable bonds is 5. The first-order valence-electron chi connectivity index (χ1n) is 6.76. The zero-order valence-electron chi connectivity index (χ0n) is 12.1. The van der Waals surface area contributed by atoms with E-state index in [1.54, 1.807) is 0 Å². The third-order valence-corrected chi connectivity index (χ3v) is 3.34. The predicted octanol–water partition coefficient (Wildman–Crippen LogP) is -0.221. The molecular formula is C12H19N5O4. The van der Waals surface area contributed by atoms with Crippen LogP contribution in [0, 0.1) is 10.1 Å². The Bertz CT molecular complexity index is 524. The van der Waals surface area contributed by atoms with Crippen LogP contribution in [0.3, 0.4) is 0 Å². The summed E-state index contributed by atoms with van der Waals surface area (Å²) in [6.45, 7) is 5.58. The maximum atomic E-state index is 12.2. The molecule has 1 aromatic rings. The first kappa shape index (κ1) is 15.4. The van der Waals surface area contributed by atoms with Gasteiger partial charge in [-0.1, -0.05) is 0 Å². The second kappa shape index (κ2) is 6.64. The van der Waals surface area contributed by atoms with Crippen molar-refractivity contribution in [2.24, 2.45) is 7.05 Å². The third kappa shape index (κ3) is 3.76. The highest BCUT2D eigenvalue weighted by molar-refractivity contribution is 5.96. The van der Waals surface area contributed by atoms with Gasteiger partial charge in [0.25, 0.3) is 5.91 Å². The summed E-state index contributed by atoms with van der Waals surface area (Å²) < 4.78 is 6.48. The molecule has 1 fully saturated rings. The minimum Gasteiger partial charge on any atom is -0.379 e. The standard InChI is InChI=1S/C12H19N5O4/c1-9(8-16-3-5-21-6-4-16)14-12(18)11-10(17(19)20)7-13-15(11)2/h7,9H,3-6,8H2,1-2H3,(H,14,18). The number of carbonyl (C=O) groups is 1. The van der Waals surface area contributed by atoms with Gasteiger partial charge in [-0.3, -0.25) is 24.5 Å². The van der Waals surface area contributed by atoms with Crippen molar-refractivity contribution in [2.75, 3.05) is 32.8 Å². The molecule has 1 amide bonds. The lowest BCUT2D eigenvalue weighted by Crippen LogP contribution is -2.46. The van der Waals surface area contributed by atoms with E-state index in [0.29, 0.717) is 19.8 Å². The van der Waals surface area contributed by atoms with Crippen LogP contribution in [-0.4, -0.2) is 64.4 Å². The molecule has 1 saturated heterocycles. The molecule has 0 aliphatic carbocycles. The van der Waals surface area contributed by atoms with E-state index in [1.807, 2.05) is 6.92 Å². The van der Waals surface area contributed by atoms with Crippen molar-refractivity contribution < 1.29 is 14.5 Å². The molecule has 1 aromatic heterocycles. The molecule has 0 bridgehead atoms. The van der Waals surface area contributed by atoms with Crippen LogP contribution in [0.4, 0.5) is 5.69 Å². The maximum Gasteiger partial charge on any atom is 0.320 e. The number of aromatic nitrogens is 2. The summed E-state index contributed by atoms with van der Waals surface area (Å²) in [7, 11) is 1.51. The SMILES string of the molecule is CC(CN1CCOCC1)NC(=O)c1c([N+](=O)[O-])cnn1C. The van der Waals surface area contributed by atoms with Crippen LogP contribution in [0.1, 0.15) is 17.4 Å². The van der Waals surface area contributed by atoms with E-state index >= 15 is 0 Å². The molecule has 116 valence electrons. The van der Waals surface area contributed by atoms with Crippen molar-refractivity contribution in [3.63, 3.8) is 0 Å². The molecule has 9 heteroatoms. The fourth-order valence-electron chi connectivity index (χ4n) is 2.33. The van der Waals surface area contributed by atoms with Crippen LogP contribution >= 0.6 is 0 Å². The van der Waals surface area contributed by atoms with Crippen LogP contribution in [0.15, 0.2) is 6.20 Å². The van der Waals surface area contributed by atoms with Gasteiger partial charge in [0.05, 0.1) is 18.1 Å². The van der Waals surface area contributed by atoms with E-state index in [1.165, 1.54) is 11.7 Å². The molecular weight excluding hydrogens is 278 g/mol. The Morgan fingerprint density at radius 3 is 2.86 bits per heavy atom. The summed E-state index contributed by atoms with van der Waals surface area (Å²) in [5.41, 5.74) is -0.317. The molecule has 1 aliphatic rings. The van der Waals surface area contributed by atoms with Gasteiger partial charge in [-0.15, -0.1) is 0 Å². The Morgan fingerprint density at radius 2 is 2.24 bits per heavy atom. The van der Waals surface area contributed by atoms with Gasteiger partial charge in [-0.25, -0.2) is 0 Å². The highest BCUT2D eigenvalue weighted by Crippen LogP contribution is 2.16. The molecule has 1 aliphatic heterocycles. The molecule has 2 rings (SSSR count). The van der Waals surface area contributed by atoms with Crippen molar-refractivity contribution >= 4 is 11.6 Å². The van der Waals surface area contributed by atoms with Crippen LogP contribution in [0.2, 0.25) is 0 Å². The lowest BCUT2D eigenvalue weighted by molar-refractivity contribution is -0.385. The van der Waals surface area contributed by atoms with Gasteiger partial charge in [-0.05, 0) is 6.92 Å². The summed E-state index contributed by atoms with van der Waals surface area (Å²) in [5, 5.41) is 17.4. The van der Waals surface area contributed by atoms with Crippen molar-refractivity contribution in [3.8, 4) is 0 Å². The maximum absolute atomic E-state index is 12.2. The minimum absolute atomic E-state index is 0.0335. The fourth-order valence-corrected chi connectivity index (χ4v) is 2.33. The average Bonchev–Trinajstić information content (AvgIpc) is 2.81. The van der Waals surface area contributed by atoms with E-state index in [2.05, 4.69) is 15.3 Å². The molecule has 0 saturated carbocycles. The molecule has 1 atom stereocenters. The Balaban J connectivity index is 1.97. The number of ether oxygens (including phenoxy) is 1. The molecule has 0 aromatic carbocycles. The normalized spacial score (nSPS) is 17.4. The number of hydrogen-bond acceptors (Lipinski definition) is 6. The number of carbonyl (C=O) groups excluding carboxylic acids is 1. The smallest absolute Gasteiger partial charge is 0.320 e. The number of nitrogens with zero attached hydrogens (tertiary/aromatic N) is 4. The van der Waals surface area contributed by atoms with Crippen LogP contribution < -0.4 is 5.32 Å². The zero-order valence-corrected chi connectivity index (χ0v) is 12.1. The van der Waals surface area contributed by atoms with E-state index in [4.69, 9.17) is 4.74 Å². The van der Waals surface area contributed by atoms with Gasteiger partial charge in [-0.2, -0.15) is 5.10 Å². The Hall–Kier alpha value is -2.00. The molecule has 2 heterocycles. The molecule has 0 spiro atoms. The Kier molecular flexibility index (Phi) is 4.86. The minimum atomic E-state index is -0.603. The van der Waals surface area contributed by atoms with Gasteiger partial charge in [0.2, 0.25) is 5.69 Å². The highest BCUT2D eigenvalue weighted by atomic mass is 16.6.